The SMILES string of the molecule is NNC(=O)C(=O)Nc1ccc(OCc2ccccc2)cc1. The lowest BCUT2D eigenvalue weighted by molar-refractivity contribution is -0.136. The number of carbonyl (C=O) groups excluding carboxylic acids is 2. The zero-order valence-electron chi connectivity index (χ0n) is 11.2. The Morgan fingerprint density at radius 1 is 0.952 bits per heavy atom. The number of ether oxygens (including phenoxy) is 1. The van der Waals surface area contributed by atoms with Gasteiger partial charge >= 0.3 is 11.8 Å². The first-order valence-corrected chi connectivity index (χ1v) is 6.28. The summed E-state index contributed by atoms with van der Waals surface area (Å²) in [5.41, 5.74) is 3.31. The lowest BCUT2D eigenvalue weighted by Crippen LogP contribution is -2.39. The van der Waals surface area contributed by atoms with E-state index in [0.717, 1.165) is 5.56 Å². The molecule has 0 spiro atoms. The van der Waals surface area contributed by atoms with Gasteiger partial charge in [-0.2, -0.15) is 0 Å². The highest BCUT2D eigenvalue weighted by Crippen LogP contribution is 2.17. The predicted octanol–water partition coefficient (Wildman–Crippen LogP) is 1.19. The molecule has 0 saturated heterocycles. The summed E-state index contributed by atoms with van der Waals surface area (Å²) in [6, 6.07) is 16.5. The van der Waals surface area contributed by atoms with Crippen molar-refractivity contribution in [2.75, 3.05) is 5.32 Å². The fourth-order valence-corrected chi connectivity index (χ4v) is 1.63. The van der Waals surface area contributed by atoms with Crippen LogP contribution in [0.3, 0.4) is 0 Å². The van der Waals surface area contributed by atoms with Crippen LogP contribution >= 0.6 is 0 Å². The van der Waals surface area contributed by atoms with Crippen molar-refractivity contribution in [2.45, 2.75) is 6.61 Å². The fourth-order valence-electron chi connectivity index (χ4n) is 1.63. The van der Waals surface area contributed by atoms with Gasteiger partial charge in [-0.25, -0.2) is 5.84 Å². The van der Waals surface area contributed by atoms with Crippen molar-refractivity contribution < 1.29 is 14.3 Å². The normalized spacial score (nSPS) is 9.76. The molecule has 0 aliphatic rings. The number of hydrogen-bond donors (Lipinski definition) is 3. The predicted molar refractivity (Wildman–Crippen MR) is 78.2 cm³/mol. The van der Waals surface area contributed by atoms with Crippen molar-refractivity contribution in [1.29, 1.82) is 0 Å². The van der Waals surface area contributed by atoms with Gasteiger partial charge < -0.3 is 10.1 Å². The summed E-state index contributed by atoms with van der Waals surface area (Å²) in [6.45, 7) is 0.460. The lowest BCUT2D eigenvalue weighted by Gasteiger charge is -2.08. The van der Waals surface area contributed by atoms with Crippen LogP contribution in [0.25, 0.3) is 0 Å². The van der Waals surface area contributed by atoms with Crippen LogP contribution in [0.15, 0.2) is 54.6 Å². The molecule has 2 aromatic carbocycles. The van der Waals surface area contributed by atoms with Crippen molar-refractivity contribution >= 4 is 17.5 Å². The number of amides is 2. The molecule has 0 aliphatic heterocycles. The number of hydrogen-bond acceptors (Lipinski definition) is 4. The van der Waals surface area contributed by atoms with Gasteiger partial charge in [0.2, 0.25) is 0 Å². The third-order valence-corrected chi connectivity index (χ3v) is 2.70. The maximum atomic E-state index is 11.3. The van der Waals surface area contributed by atoms with Crippen LogP contribution in [-0.2, 0) is 16.2 Å². The van der Waals surface area contributed by atoms with Crippen LogP contribution in [0.1, 0.15) is 5.56 Å². The van der Waals surface area contributed by atoms with Crippen LogP contribution in [0.4, 0.5) is 5.69 Å². The standard InChI is InChI=1S/C15H15N3O3/c16-18-15(20)14(19)17-12-6-8-13(9-7-12)21-10-11-4-2-1-3-5-11/h1-9H,10,16H2,(H,17,19)(H,18,20). The van der Waals surface area contributed by atoms with Gasteiger partial charge in [0.15, 0.2) is 0 Å². The second-order valence-electron chi connectivity index (χ2n) is 4.23. The zero-order chi connectivity index (χ0) is 15.1. The molecule has 0 atom stereocenters. The molecule has 21 heavy (non-hydrogen) atoms. The Morgan fingerprint density at radius 3 is 2.24 bits per heavy atom. The molecule has 4 N–H and O–H groups in total. The van der Waals surface area contributed by atoms with Crippen molar-refractivity contribution in [1.82, 2.24) is 5.43 Å². The van der Waals surface area contributed by atoms with Gasteiger partial charge in [0.05, 0.1) is 0 Å². The largest absolute Gasteiger partial charge is 0.489 e. The topological polar surface area (TPSA) is 93.5 Å². The smallest absolute Gasteiger partial charge is 0.323 e. The van der Waals surface area contributed by atoms with E-state index in [1.807, 2.05) is 30.3 Å². The molecule has 2 aromatic rings. The van der Waals surface area contributed by atoms with E-state index in [1.165, 1.54) is 0 Å². The monoisotopic (exact) mass is 285 g/mol. The quantitative estimate of drug-likeness (QED) is 0.340. The Bertz CT molecular complexity index is 612. The van der Waals surface area contributed by atoms with Gasteiger partial charge in [-0.1, -0.05) is 30.3 Å². The third-order valence-electron chi connectivity index (χ3n) is 2.70. The van der Waals surface area contributed by atoms with Gasteiger partial charge in [0.1, 0.15) is 12.4 Å². The molecule has 2 amide bonds. The van der Waals surface area contributed by atoms with Crippen LogP contribution in [0, 0.1) is 0 Å². The van der Waals surface area contributed by atoms with E-state index in [9.17, 15) is 9.59 Å². The van der Waals surface area contributed by atoms with E-state index in [1.54, 1.807) is 29.7 Å². The number of benzene rings is 2. The minimum Gasteiger partial charge on any atom is -0.489 e. The molecule has 0 bridgehead atoms. The Hall–Kier alpha value is -2.86. The Labute approximate surface area is 121 Å². The molecule has 6 nitrogen and oxygen atoms in total. The first-order chi connectivity index (χ1) is 10.2. The summed E-state index contributed by atoms with van der Waals surface area (Å²) >= 11 is 0. The van der Waals surface area contributed by atoms with E-state index in [0.29, 0.717) is 18.0 Å². The Morgan fingerprint density at radius 2 is 1.62 bits per heavy atom. The number of carbonyl (C=O) groups is 2. The van der Waals surface area contributed by atoms with Gasteiger partial charge in [0.25, 0.3) is 0 Å². The van der Waals surface area contributed by atoms with Crippen molar-refractivity contribution in [3.05, 3.63) is 60.2 Å². The van der Waals surface area contributed by atoms with Crippen LogP contribution < -0.4 is 21.3 Å². The number of nitrogens with two attached hydrogens (primary N) is 1. The second kappa shape index (κ2) is 7.06. The lowest BCUT2D eigenvalue weighted by atomic mass is 10.2. The summed E-state index contributed by atoms with van der Waals surface area (Å²) < 4.78 is 5.61. The minimum atomic E-state index is -0.903. The number of anilines is 1. The summed E-state index contributed by atoms with van der Waals surface area (Å²) in [6.07, 6.45) is 0. The first kappa shape index (κ1) is 14.5. The van der Waals surface area contributed by atoms with Gasteiger partial charge in [0, 0.05) is 5.69 Å². The fraction of sp³-hybridized carbons (Fsp3) is 0.0667. The third kappa shape index (κ3) is 4.32. The molecule has 0 unspecified atom stereocenters. The van der Waals surface area contributed by atoms with Crippen molar-refractivity contribution in [3.8, 4) is 5.75 Å². The number of hydrazine groups is 1. The molecular weight excluding hydrogens is 270 g/mol. The molecule has 0 radical (unpaired) electrons. The number of rotatable bonds is 4. The molecule has 0 aliphatic carbocycles. The molecular formula is C15H15N3O3. The minimum absolute atomic E-state index is 0.460. The van der Waals surface area contributed by atoms with E-state index < -0.39 is 11.8 Å². The molecule has 108 valence electrons. The highest BCUT2D eigenvalue weighted by Gasteiger charge is 2.11. The van der Waals surface area contributed by atoms with Crippen LogP contribution in [0.2, 0.25) is 0 Å². The molecule has 0 heterocycles. The average molecular weight is 285 g/mol. The molecule has 6 heteroatoms. The van der Waals surface area contributed by atoms with Crippen molar-refractivity contribution in [2.24, 2.45) is 5.84 Å². The summed E-state index contributed by atoms with van der Waals surface area (Å²) in [7, 11) is 0. The van der Waals surface area contributed by atoms with Crippen LogP contribution in [0.5, 0.6) is 5.75 Å². The van der Waals surface area contributed by atoms with E-state index in [2.05, 4.69) is 5.32 Å². The molecule has 2 rings (SSSR count). The Balaban J connectivity index is 1.90. The summed E-state index contributed by atoms with van der Waals surface area (Å²) in [5.74, 6) is 3.80. The summed E-state index contributed by atoms with van der Waals surface area (Å²) in [4.78, 5) is 22.3. The first-order valence-electron chi connectivity index (χ1n) is 6.28. The molecule has 0 fully saturated rings. The van der Waals surface area contributed by atoms with E-state index in [4.69, 9.17) is 10.6 Å². The van der Waals surface area contributed by atoms with Gasteiger partial charge in [-0.15, -0.1) is 0 Å². The summed E-state index contributed by atoms with van der Waals surface area (Å²) in [5, 5.41) is 2.41. The average Bonchev–Trinajstić information content (AvgIpc) is 2.54. The second-order valence-corrected chi connectivity index (χ2v) is 4.23. The van der Waals surface area contributed by atoms with Gasteiger partial charge in [-0.05, 0) is 29.8 Å². The van der Waals surface area contributed by atoms with E-state index in [-0.39, 0.29) is 0 Å². The highest BCUT2D eigenvalue weighted by atomic mass is 16.5. The van der Waals surface area contributed by atoms with Gasteiger partial charge in [-0.3, -0.25) is 15.0 Å². The highest BCUT2D eigenvalue weighted by molar-refractivity contribution is 6.39. The van der Waals surface area contributed by atoms with Crippen LogP contribution in [-0.4, -0.2) is 11.8 Å². The molecule has 0 aromatic heterocycles. The Kier molecular flexibility index (Phi) is 4.89. The van der Waals surface area contributed by atoms with Crippen molar-refractivity contribution in [3.63, 3.8) is 0 Å². The maximum Gasteiger partial charge on any atom is 0.323 e. The van der Waals surface area contributed by atoms with E-state index >= 15 is 0 Å². The maximum absolute atomic E-state index is 11.3. The number of nitrogens with one attached hydrogen (secondary N) is 2. The zero-order valence-corrected chi connectivity index (χ0v) is 11.2. The molecule has 0 saturated carbocycles.